The molecule has 1 heterocycles. The van der Waals surface area contributed by atoms with Crippen molar-refractivity contribution in [2.24, 2.45) is 0 Å². The Balaban J connectivity index is 1.89. The molecule has 0 unspecified atom stereocenters. The van der Waals surface area contributed by atoms with Gasteiger partial charge in [-0.15, -0.1) is 0 Å². The van der Waals surface area contributed by atoms with Crippen LogP contribution in [0.3, 0.4) is 0 Å². The molecule has 0 aliphatic rings. The summed E-state index contributed by atoms with van der Waals surface area (Å²) in [5.41, 5.74) is 1.51. The van der Waals surface area contributed by atoms with Gasteiger partial charge in [0, 0.05) is 25.0 Å². The maximum Gasteiger partial charge on any atom is 0.244 e. The number of halogens is 1. The van der Waals surface area contributed by atoms with E-state index in [0.717, 1.165) is 5.56 Å². The predicted octanol–water partition coefficient (Wildman–Crippen LogP) is 3.34. The Morgan fingerprint density at radius 3 is 2.87 bits per heavy atom. The third-order valence-electron chi connectivity index (χ3n) is 2.94. The monoisotopic (exact) mass is 314 g/mol. The Bertz CT molecular complexity index is 685. The zero-order chi connectivity index (χ0) is 16.7. The first-order chi connectivity index (χ1) is 11.0. The standard InChI is InChI=1S/C18H19FN2O2/c1-13(2)23-17-7-5-15(10-16(17)19)12-21-18(22)8-6-14-4-3-9-20-11-14/h3-11,13H,12H2,1-2H3,(H,21,22). The van der Waals surface area contributed by atoms with Gasteiger partial charge in [-0.1, -0.05) is 12.1 Å². The first kappa shape index (κ1) is 16.7. The summed E-state index contributed by atoms with van der Waals surface area (Å²) in [5.74, 6) is -0.473. The summed E-state index contributed by atoms with van der Waals surface area (Å²) >= 11 is 0. The average Bonchev–Trinajstić information content (AvgIpc) is 2.54. The molecule has 0 bridgehead atoms. The van der Waals surface area contributed by atoms with Crippen LogP contribution in [-0.2, 0) is 11.3 Å². The number of carbonyl (C=O) groups excluding carboxylic acids is 1. The Hall–Kier alpha value is -2.69. The SMILES string of the molecule is CC(C)Oc1ccc(CNC(=O)C=Cc2cccnc2)cc1F. The number of nitrogens with zero attached hydrogens (tertiary/aromatic N) is 1. The number of amides is 1. The summed E-state index contributed by atoms with van der Waals surface area (Å²) in [6.45, 7) is 3.92. The first-order valence-corrected chi connectivity index (χ1v) is 7.35. The first-order valence-electron chi connectivity index (χ1n) is 7.35. The van der Waals surface area contributed by atoms with Gasteiger partial charge >= 0.3 is 0 Å². The molecule has 2 aromatic rings. The van der Waals surface area contributed by atoms with Gasteiger partial charge in [-0.3, -0.25) is 9.78 Å². The molecule has 0 atom stereocenters. The maximum absolute atomic E-state index is 13.8. The van der Waals surface area contributed by atoms with Gasteiger partial charge in [0.25, 0.3) is 0 Å². The lowest BCUT2D eigenvalue weighted by molar-refractivity contribution is -0.116. The van der Waals surface area contributed by atoms with Gasteiger partial charge in [-0.25, -0.2) is 4.39 Å². The summed E-state index contributed by atoms with van der Waals surface area (Å²) in [5, 5.41) is 2.70. The van der Waals surface area contributed by atoms with E-state index in [0.29, 0.717) is 5.56 Å². The van der Waals surface area contributed by atoms with E-state index in [1.54, 1.807) is 36.7 Å². The number of ether oxygens (including phenoxy) is 1. The van der Waals surface area contributed by atoms with Crippen LogP contribution in [0.4, 0.5) is 4.39 Å². The molecule has 0 radical (unpaired) electrons. The molecule has 120 valence electrons. The molecule has 2 rings (SSSR count). The van der Waals surface area contributed by atoms with Crippen molar-refractivity contribution in [2.45, 2.75) is 26.5 Å². The molecule has 1 amide bonds. The van der Waals surface area contributed by atoms with Crippen LogP contribution >= 0.6 is 0 Å². The van der Waals surface area contributed by atoms with Crippen LogP contribution in [0.1, 0.15) is 25.0 Å². The summed E-state index contributed by atoms with van der Waals surface area (Å²) in [6.07, 6.45) is 6.32. The van der Waals surface area contributed by atoms with E-state index >= 15 is 0 Å². The summed E-state index contributed by atoms with van der Waals surface area (Å²) in [7, 11) is 0. The lowest BCUT2D eigenvalue weighted by atomic mass is 10.2. The molecule has 0 fully saturated rings. The Kier molecular flexibility index (Phi) is 5.86. The quantitative estimate of drug-likeness (QED) is 0.832. The zero-order valence-corrected chi connectivity index (χ0v) is 13.1. The minimum absolute atomic E-state index is 0.0901. The van der Waals surface area contributed by atoms with Crippen molar-refractivity contribution in [3.05, 3.63) is 65.7 Å². The minimum Gasteiger partial charge on any atom is -0.488 e. The molecule has 1 aromatic heterocycles. The molecule has 1 N–H and O–H groups in total. The minimum atomic E-state index is -0.434. The zero-order valence-electron chi connectivity index (χ0n) is 13.1. The normalized spacial score (nSPS) is 11.0. The van der Waals surface area contributed by atoms with Crippen LogP contribution in [0.2, 0.25) is 0 Å². The topological polar surface area (TPSA) is 51.2 Å². The van der Waals surface area contributed by atoms with Crippen LogP contribution in [-0.4, -0.2) is 17.0 Å². The highest BCUT2D eigenvalue weighted by Crippen LogP contribution is 2.19. The summed E-state index contributed by atoms with van der Waals surface area (Å²) in [6, 6.07) is 8.30. The number of benzene rings is 1. The lowest BCUT2D eigenvalue weighted by Gasteiger charge is -2.11. The van der Waals surface area contributed by atoms with E-state index in [2.05, 4.69) is 10.3 Å². The predicted molar refractivity (Wildman–Crippen MR) is 87.3 cm³/mol. The molecule has 1 aromatic carbocycles. The second-order valence-electron chi connectivity index (χ2n) is 5.27. The molecular weight excluding hydrogens is 295 g/mol. The van der Waals surface area contributed by atoms with Crippen LogP contribution in [0.15, 0.2) is 48.8 Å². The number of carbonyl (C=O) groups is 1. The largest absolute Gasteiger partial charge is 0.488 e. The fourth-order valence-corrected chi connectivity index (χ4v) is 1.90. The van der Waals surface area contributed by atoms with Crippen molar-refractivity contribution >= 4 is 12.0 Å². The van der Waals surface area contributed by atoms with Crippen molar-refractivity contribution in [1.82, 2.24) is 10.3 Å². The lowest BCUT2D eigenvalue weighted by Crippen LogP contribution is -2.20. The van der Waals surface area contributed by atoms with Crippen LogP contribution in [0.25, 0.3) is 6.08 Å². The van der Waals surface area contributed by atoms with E-state index < -0.39 is 5.82 Å². The molecule has 0 spiro atoms. The fraction of sp³-hybridized carbons (Fsp3) is 0.222. The Morgan fingerprint density at radius 2 is 2.22 bits per heavy atom. The maximum atomic E-state index is 13.8. The van der Waals surface area contributed by atoms with Gasteiger partial charge < -0.3 is 10.1 Å². The number of hydrogen-bond donors (Lipinski definition) is 1. The summed E-state index contributed by atoms with van der Waals surface area (Å²) < 4.78 is 19.2. The van der Waals surface area contributed by atoms with Gasteiger partial charge in [-0.2, -0.15) is 0 Å². The van der Waals surface area contributed by atoms with Crippen LogP contribution in [0.5, 0.6) is 5.75 Å². The molecule has 0 aliphatic carbocycles. The fourth-order valence-electron chi connectivity index (χ4n) is 1.90. The van der Waals surface area contributed by atoms with Gasteiger partial charge in [0.15, 0.2) is 11.6 Å². The molecule has 0 saturated heterocycles. The third kappa shape index (κ3) is 5.54. The molecule has 0 saturated carbocycles. The molecular formula is C18H19FN2O2. The average molecular weight is 314 g/mol. The number of rotatable bonds is 6. The second kappa shape index (κ2) is 8.08. The van der Waals surface area contributed by atoms with E-state index in [4.69, 9.17) is 4.74 Å². The van der Waals surface area contributed by atoms with E-state index in [1.165, 1.54) is 12.1 Å². The number of hydrogen-bond acceptors (Lipinski definition) is 3. The third-order valence-corrected chi connectivity index (χ3v) is 2.94. The van der Waals surface area contributed by atoms with Crippen molar-refractivity contribution in [2.75, 3.05) is 0 Å². The van der Waals surface area contributed by atoms with Crippen molar-refractivity contribution < 1.29 is 13.9 Å². The van der Waals surface area contributed by atoms with Gasteiger partial charge in [0.1, 0.15) is 0 Å². The smallest absolute Gasteiger partial charge is 0.244 e. The van der Waals surface area contributed by atoms with Crippen molar-refractivity contribution in [1.29, 1.82) is 0 Å². The van der Waals surface area contributed by atoms with Crippen LogP contribution < -0.4 is 10.1 Å². The van der Waals surface area contributed by atoms with E-state index in [9.17, 15) is 9.18 Å². The second-order valence-corrected chi connectivity index (χ2v) is 5.27. The number of pyridine rings is 1. The van der Waals surface area contributed by atoms with Gasteiger partial charge in [-0.05, 0) is 49.2 Å². The molecule has 0 aliphatic heterocycles. The Labute approximate surface area is 135 Å². The Morgan fingerprint density at radius 1 is 1.39 bits per heavy atom. The highest BCUT2D eigenvalue weighted by atomic mass is 19.1. The molecule has 23 heavy (non-hydrogen) atoms. The summed E-state index contributed by atoms with van der Waals surface area (Å²) in [4.78, 5) is 15.7. The molecule has 5 heteroatoms. The van der Waals surface area contributed by atoms with Gasteiger partial charge in [0.05, 0.1) is 6.10 Å². The highest BCUT2D eigenvalue weighted by molar-refractivity contribution is 5.91. The van der Waals surface area contributed by atoms with E-state index in [-0.39, 0.29) is 24.3 Å². The van der Waals surface area contributed by atoms with E-state index in [1.807, 2.05) is 19.9 Å². The van der Waals surface area contributed by atoms with Gasteiger partial charge in [0.2, 0.25) is 5.91 Å². The number of nitrogens with one attached hydrogen (secondary N) is 1. The van der Waals surface area contributed by atoms with Crippen molar-refractivity contribution in [3.63, 3.8) is 0 Å². The highest BCUT2D eigenvalue weighted by Gasteiger charge is 2.07. The molecule has 4 nitrogen and oxygen atoms in total. The van der Waals surface area contributed by atoms with Crippen molar-refractivity contribution in [3.8, 4) is 5.75 Å². The van der Waals surface area contributed by atoms with Crippen LogP contribution in [0, 0.1) is 5.82 Å². The number of aromatic nitrogens is 1.